The van der Waals surface area contributed by atoms with E-state index in [2.05, 4.69) is 5.32 Å². The molecule has 1 heterocycles. The molecule has 142 valence electrons. The van der Waals surface area contributed by atoms with Gasteiger partial charge in [0.05, 0.1) is 5.69 Å². The Morgan fingerprint density at radius 1 is 1.07 bits per heavy atom. The van der Waals surface area contributed by atoms with Crippen molar-refractivity contribution in [3.63, 3.8) is 0 Å². The van der Waals surface area contributed by atoms with Crippen molar-refractivity contribution < 1.29 is 14.7 Å². The van der Waals surface area contributed by atoms with E-state index in [0.717, 1.165) is 5.56 Å². The zero-order valence-electron chi connectivity index (χ0n) is 15.0. The largest absolute Gasteiger partial charge is 0.506 e. The molecule has 2 aromatic carbocycles. The summed E-state index contributed by atoms with van der Waals surface area (Å²) in [5.41, 5.74) is 1.51. The van der Waals surface area contributed by atoms with Crippen molar-refractivity contribution in [3.8, 4) is 5.75 Å². The number of likely N-dealkylation sites (tertiary alicyclic amines) is 1. The van der Waals surface area contributed by atoms with Crippen molar-refractivity contribution in [3.05, 3.63) is 59.1 Å². The Labute approximate surface area is 163 Å². The van der Waals surface area contributed by atoms with Gasteiger partial charge in [-0.2, -0.15) is 0 Å². The molecule has 1 fully saturated rings. The number of benzene rings is 2. The van der Waals surface area contributed by atoms with Crippen molar-refractivity contribution in [2.75, 3.05) is 18.4 Å². The molecule has 0 atom stereocenters. The number of halogens is 1. The maximum atomic E-state index is 12.4. The predicted molar refractivity (Wildman–Crippen MR) is 106 cm³/mol. The van der Waals surface area contributed by atoms with E-state index in [1.165, 1.54) is 6.07 Å². The summed E-state index contributed by atoms with van der Waals surface area (Å²) in [5, 5.41) is 13.2. The molecular formula is C21H23ClN2O3. The number of para-hydroxylation sites is 2. The van der Waals surface area contributed by atoms with Crippen LogP contribution in [0.5, 0.6) is 5.75 Å². The highest BCUT2D eigenvalue weighted by Crippen LogP contribution is 2.25. The quantitative estimate of drug-likeness (QED) is 0.766. The van der Waals surface area contributed by atoms with Crippen LogP contribution in [0.25, 0.3) is 0 Å². The van der Waals surface area contributed by atoms with Crippen LogP contribution in [0.2, 0.25) is 5.02 Å². The number of aromatic hydroxyl groups is 1. The topological polar surface area (TPSA) is 69.6 Å². The highest BCUT2D eigenvalue weighted by atomic mass is 35.5. The van der Waals surface area contributed by atoms with Crippen LogP contribution in [0, 0.1) is 5.92 Å². The highest BCUT2D eigenvalue weighted by molar-refractivity contribution is 6.30. The zero-order chi connectivity index (χ0) is 19.2. The van der Waals surface area contributed by atoms with E-state index in [-0.39, 0.29) is 23.5 Å². The van der Waals surface area contributed by atoms with Crippen molar-refractivity contribution in [1.29, 1.82) is 0 Å². The van der Waals surface area contributed by atoms with Gasteiger partial charge in [0.2, 0.25) is 11.8 Å². The molecule has 0 saturated carbocycles. The van der Waals surface area contributed by atoms with Gasteiger partial charge in [-0.25, -0.2) is 0 Å². The number of carbonyl (C=O) groups is 2. The number of piperidine rings is 1. The molecule has 2 amide bonds. The van der Waals surface area contributed by atoms with E-state index < -0.39 is 0 Å². The standard InChI is InChI=1S/C21H23ClN2O3/c22-17-8-5-15(6-9-17)7-10-20(26)24-13-11-16(12-14-24)21(27)23-18-3-1-2-4-19(18)25/h1-6,8-9,16,25H,7,10-14H2,(H,23,27). The second kappa shape index (κ2) is 8.91. The van der Waals surface area contributed by atoms with Gasteiger partial charge < -0.3 is 15.3 Å². The minimum absolute atomic E-state index is 0.0562. The van der Waals surface area contributed by atoms with Gasteiger partial charge in [-0.05, 0) is 49.1 Å². The molecule has 2 N–H and O–H groups in total. The number of anilines is 1. The molecular weight excluding hydrogens is 364 g/mol. The molecule has 2 aromatic rings. The van der Waals surface area contributed by atoms with Crippen LogP contribution in [-0.4, -0.2) is 34.9 Å². The first-order chi connectivity index (χ1) is 13.0. The summed E-state index contributed by atoms with van der Waals surface area (Å²) in [5.74, 6) is -0.0835. The van der Waals surface area contributed by atoms with Gasteiger partial charge in [0.15, 0.2) is 0 Å². The number of phenolic OH excluding ortho intramolecular Hbond substituents is 1. The lowest BCUT2D eigenvalue weighted by molar-refractivity contribution is -0.134. The predicted octanol–water partition coefficient (Wildman–Crippen LogP) is 3.86. The van der Waals surface area contributed by atoms with E-state index in [1.807, 2.05) is 29.2 Å². The van der Waals surface area contributed by atoms with Crippen molar-refractivity contribution in [2.24, 2.45) is 5.92 Å². The Morgan fingerprint density at radius 2 is 1.74 bits per heavy atom. The second-order valence-corrected chi connectivity index (χ2v) is 7.22. The summed E-state index contributed by atoms with van der Waals surface area (Å²) in [6.07, 6.45) is 2.40. The van der Waals surface area contributed by atoms with Gasteiger partial charge >= 0.3 is 0 Å². The molecule has 0 radical (unpaired) electrons. The molecule has 5 nitrogen and oxygen atoms in total. The lowest BCUT2D eigenvalue weighted by atomic mass is 9.95. The minimum atomic E-state index is -0.148. The third kappa shape index (κ3) is 5.23. The van der Waals surface area contributed by atoms with Crippen molar-refractivity contribution in [2.45, 2.75) is 25.7 Å². The van der Waals surface area contributed by atoms with Gasteiger partial charge in [0, 0.05) is 30.5 Å². The van der Waals surface area contributed by atoms with Crippen molar-refractivity contribution in [1.82, 2.24) is 4.90 Å². The molecule has 1 aliphatic heterocycles. The Balaban J connectivity index is 1.45. The smallest absolute Gasteiger partial charge is 0.227 e. The number of nitrogens with zero attached hydrogens (tertiary/aromatic N) is 1. The number of aryl methyl sites for hydroxylation is 1. The van der Waals surface area contributed by atoms with Crippen LogP contribution in [0.1, 0.15) is 24.8 Å². The first-order valence-electron chi connectivity index (χ1n) is 9.14. The van der Waals surface area contributed by atoms with E-state index in [1.54, 1.807) is 18.2 Å². The fraction of sp³-hybridized carbons (Fsp3) is 0.333. The number of rotatable bonds is 5. The van der Waals surface area contributed by atoms with Crippen LogP contribution in [0.4, 0.5) is 5.69 Å². The van der Waals surface area contributed by atoms with Gasteiger partial charge in [0.1, 0.15) is 5.75 Å². The lowest BCUT2D eigenvalue weighted by Crippen LogP contribution is -2.41. The normalized spacial score (nSPS) is 14.8. The maximum absolute atomic E-state index is 12.4. The van der Waals surface area contributed by atoms with Crippen LogP contribution >= 0.6 is 11.6 Å². The Kier molecular flexibility index (Phi) is 6.35. The monoisotopic (exact) mass is 386 g/mol. The summed E-state index contributed by atoms with van der Waals surface area (Å²) >= 11 is 5.87. The summed E-state index contributed by atoms with van der Waals surface area (Å²) in [6.45, 7) is 1.16. The average Bonchev–Trinajstić information content (AvgIpc) is 2.69. The third-order valence-electron chi connectivity index (χ3n) is 4.92. The van der Waals surface area contributed by atoms with E-state index >= 15 is 0 Å². The molecule has 3 rings (SSSR count). The van der Waals surface area contributed by atoms with Crippen LogP contribution in [-0.2, 0) is 16.0 Å². The van der Waals surface area contributed by atoms with Crippen LogP contribution in [0.3, 0.4) is 0 Å². The van der Waals surface area contributed by atoms with Gasteiger partial charge in [-0.1, -0.05) is 35.9 Å². The molecule has 0 bridgehead atoms. The molecule has 0 spiro atoms. The summed E-state index contributed by atoms with van der Waals surface area (Å²) < 4.78 is 0. The lowest BCUT2D eigenvalue weighted by Gasteiger charge is -2.31. The molecule has 6 heteroatoms. The SMILES string of the molecule is O=C(Nc1ccccc1O)C1CCN(C(=O)CCc2ccc(Cl)cc2)CC1. The number of amides is 2. The van der Waals surface area contributed by atoms with Gasteiger partial charge in [0.25, 0.3) is 0 Å². The van der Waals surface area contributed by atoms with Crippen LogP contribution < -0.4 is 5.32 Å². The number of hydrogen-bond donors (Lipinski definition) is 2. The number of phenols is 1. The molecule has 27 heavy (non-hydrogen) atoms. The Hall–Kier alpha value is -2.53. The summed E-state index contributed by atoms with van der Waals surface area (Å²) in [4.78, 5) is 26.6. The highest BCUT2D eigenvalue weighted by Gasteiger charge is 2.27. The number of hydrogen-bond acceptors (Lipinski definition) is 3. The first kappa shape index (κ1) is 19.2. The fourth-order valence-corrected chi connectivity index (χ4v) is 3.39. The number of nitrogens with one attached hydrogen (secondary N) is 1. The molecule has 0 aliphatic carbocycles. The summed E-state index contributed by atoms with van der Waals surface area (Å²) in [7, 11) is 0. The first-order valence-corrected chi connectivity index (χ1v) is 9.52. The minimum Gasteiger partial charge on any atom is -0.506 e. The fourth-order valence-electron chi connectivity index (χ4n) is 3.27. The molecule has 0 unspecified atom stereocenters. The summed E-state index contributed by atoms with van der Waals surface area (Å²) in [6, 6.07) is 14.2. The van der Waals surface area contributed by atoms with E-state index in [0.29, 0.717) is 49.5 Å². The van der Waals surface area contributed by atoms with Gasteiger partial charge in [-0.3, -0.25) is 9.59 Å². The third-order valence-corrected chi connectivity index (χ3v) is 5.17. The number of carbonyl (C=O) groups excluding carboxylic acids is 2. The Bertz CT molecular complexity index is 799. The molecule has 1 aliphatic rings. The van der Waals surface area contributed by atoms with Gasteiger partial charge in [-0.15, -0.1) is 0 Å². The average molecular weight is 387 g/mol. The van der Waals surface area contributed by atoms with E-state index in [4.69, 9.17) is 11.6 Å². The second-order valence-electron chi connectivity index (χ2n) is 6.79. The van der Waals surface area contributed by atoms with Crippen LogP contribution in [0.15, 0.2) is 48.5 Å². The Morgan fingerprint density at radius 3 is 2.41 bits per heavy atom. The zero-order valence-corrected chi connectivity index (χ0v) is 15.8. The molecule has 1 saturated heterocycles. The van der Waals surface area contributed by atoms with E-state index in [9.17, 15) is 14.7 Å². The van der Waals surface area contributed by atoms with Crippen molar-refractivity contribution >= 4 is 29.1 Å². The molecule has 0 aromatic heterocycles. The maximum Gasteiger partial charge on any atom is 0.227 e.